The lowest BCUT2D eigenvalue weighted by atomic mass is 10.1. The minimum atomic E-state index is -0.119. The number of hydrogen-bond donors (Lipinski definition) is 0. The highest BCUT2D eigenvalue weighted by Crippen LogP contribution is 2.23. The Bertz CT molecular complexity index is 1390. The maximum absolute atomic E-state index is 13.0. The van der Waals surface area contributed by atoms with Gasteiger partial charge >= 0.3 is 0 Å². The lowest BCUT2D eigenvalue weighted by Crippen LogP contribution is -2.22. The fraction of sp³-hybridized carbons (Fsp3) is 0.125. The third-order valence-electron chi connectivity index (χ3n) is 5.18. The van der Waals surface area contributed by atoms with Crippen molar-refractivity contribution in [2.45, 2.75) is 20.4 Å². The van der Waals surface area contributed by atoms with Gasteiger partial charge in [0.1, 0.15) is 17.0 Å². The molecule has 3 aromatic heterocycles. The summed E-state index contributed by atoms with van der Waals surface area (Å²) >= 11 is 0. The maximum atomic E-state index is 13.0. The zero-order chi connectivity index (χ0) is 20.7. The second-order valence-electron chi connectivity index (χ2n) is 7.34. The molecular weight excluding hydrogens is 376 g/mol. The van der Waals surface area contributed by atoms with Gasteiger partial charge in [-0.1, -0.05) is 48.0 Å². The van der Waals surface area contributed by atoms with Crippen LogP contribution in [0, 0.1) is 13.8 Å². The zero-order valence-electron chi connectivity index (χ0n) is 16.7. The second-order valence-corrected chi connectivity index (χ2v) is 7.34. The van der Waals surface area contributed by atoms with Crippen LogP contribution in [0.5, 0.6) is 0 Å². The molecule has 5 rings (SSSR count). The molecule has 0 radical (unpaired) electrons. The molecule has 0 aliphatic rings. The van der Waals surface area contributed by atoms with Crippen molar-refractivity contribution in [2.75, 3.05) is 0 Å². The van der Waals surface area contributed by atoms with E-state index in [0.717, 1.165) is 22.5 Å². The van der Waals surface area contributed by atoms with Crippen molar-refractivity contribution in [3.8, 4) is 22.7 Å². The molecule has 0 saturated heterocycles. The largest absolute Gasteiger partial charge is 0.441 e. The van der Waals surface area contributed by atoms with Gasteiger partial charge in [0.15, 0.2) is 0 Å². The van der Waals surface area contributed by atoms with E-state index in [-0.39, 0.29) is 5.56 Å². The number of hydrogen-bond acceptors (Lipinski definition) is 4. The highest BCUT2D eigenvalue weighted by Gasteiger charge is 2.14. The monoisotopic (exact) mass is 396 g/mol. The van der Waals surface area contributed by atoms with Gasteiger partial charge in [-0.2, -0.15) is 5.10 Å². The van der Waals surface area contributed by atoms with Crippen LogP contribution in [-0.4, -0.2) is 19.2 Å². The molecule has 6 nitrogen and oxygen atoms in total. The van der Waals surface area contributed by atoms with E-state index in [9.17, 15) is 4.79 Å². The Morgan fingerprint density at radius 3 is 2.47 bits per heavy atom. The lowest BCUT2D eigenvalue weighted by Gasteiger charge is -2.04. The number of oxazole rings is 1. The SMILES string of the molecule is Cc1ccc(-c2nc(Cn3ccn4nc(-c5ccccc5)cc4c3=O)c(C)o2)cc1. The van der Waals surface area contributed by atoms with Crippen molar-refractivity contribution < 1.29 is 4.42 Å². The minimum Gasteiger partial charge on any atom is -0.441 e. The summed E-state index contributed by atoms with van der Waals surface area (Å²) in [5, 5.41) is 4.53. The first kappa shape index (κ1) is 18.1. The quantitative estimate of drug-likeness (QED) is 0.449. The molecule has 0 spiro atoms. The second kappa shape index (κ2) is 7.15. The molecule has 2 aromatic carbocycles. The Balaban J connectivity index is 1.49. The molecule has 148 valence electrons. The molecule has 5 aromatic rings. The van der Waals surface area contributed by atoms with E-state index in [1.165, 1.54) is 5.56 Å². The van der Waals surface area contributed by atoms with Gasteiger partial charge in [0.25, 0.3) is 5.56 Å². The first-order valence-electron chi connectivity index (χ1n) is 9.76. The van der Waals surface area contributed by atoms with Crippen LogP contribution in [0.2, 0.25) is 0 Å². The zero-order valence-corrected chi connectivity index (χ0v) is 16.7. The van der Waals surface area contributed by atoms with E-state index >= 15 is 0 Å². The molecule has 0 unspecified atom stereocenters. The van der Waals surface area contributed by atoms with Crippen LogP contribution in [-0.2, 0) is 6.54 Å². The van der Waals surface area contributed by atoms with Crippen molar-refractivity contribution in [3.63, 3.8) is 0 Å². The molecule has 0 N–H and O–H groups in total. The summed E-state index contributed by atoms with van der Waals surface area (Å²) in [6.07, 6.45) is 3.52. The standard InChI is InChI=1S/C24H20N4O2/c1-16-8-10-19(11-9-16)23-25-21(17(2)30-23)15-27-12-13-28-22(24(27)29)14-20(26-28)18-6-4-3-5-7-18/h3-14H,15H2,1-2H3. The molecule has 0 amide bonds. The molecule has 30 heavy (non-hydrogen) atoms. The van der Waals surface area contributed by atoms with E-state index in [2.05, 4.69) is 10.1 Å². The summed E-state index contributed by atoms with van der Waals surface area (Å²) in [6.45, 7) is 4.25. The normalized spacial score (nSPS) is 11.3. The lowest BCUT2D eigenvalue weighted by molar-refractivity contribution is 0.537. The number of rotatable bonds is 4. The molecule has 0 fully saturated rings. The van der Waals surface area contributed by atoms with Crippen molar-refractivity contribution in [2.24, 2.45) is 0 Å². The van der Waals surface area contributed by atoms with Gasteiger partial charge in [0.05, 0.1) is 12.2 Å². The first-order valence-corrected chi connectivity index (χ1v) is 9.76. The van der Waals surface area contributed by atoms with E-state index < -0.39 is 0 Å². The average Bonchev–Trinajstić information content (AvgIpc) is 3.36. The number of aryl methyl sites for hydroxylation is 2. The summed E-state index contributed by atoms with van der Waals surface area (Å²) in [7, 11) is 0. The van der Waals surface area contributed by atoms with E-state index in [1.807, 2.05) is 74.5 Å². The average molecular weight is 396 g/mol. The van der Waals surface area contributed by atoms with E-state index in [0.29, 0.717) is 23.7 Å². The van der Waals surface area contributed by atoms with Gasteiger partial charge in [-0.05, 0) is 32.0 Å². The van der Waals surface area contributed by atoms with Crippen LogP contribution in [0.4, 0.5) is 0 Å². The molecule has 0 aliphatic heterocycles. The Hall–Kier alpha value is -3.93. The molecule has 0 saturated carbocycles. The predicted octanol–water partition coefficient (Wildman–Crippen LogP) is 4.48. The summed E-state index contributed by atoms with van der Waals surface area (Å²) in [5.74, 6) is 1.27. The highest BCUT2D eigenvalue weighted by molar-refractivity contribution is 5.65. The summed E-state index contributed by atoms with van der Waals surface area (Å²) in [6, 6.07) is 19.7. The van der Waals surface area contributed by atoms with Crippen LogP contribution >= 0.6 is 0 Å². The first-order chi connectivity index (χ1) is 14.6. The van der Waals surface area contributed by atoms with Crippen LogP contribution in [0.3, 0.4) is 0 Å². The maximum Gasteiger partial charge on any atom is 0.276 e. The summed E-state index contributed by atoms with van der Waals surface area (Å²) in [4.78, 5) is 17.7. The van der Waals surface area contributed by atoms with Crippen LogP contribution in [0.25, 0.3) is 28.2 Å². The molecular formula is C24H20N4O2. The highest BCUT2D eigenvalue weighted by atomic mass is 16.4. The fourth-order valence-electron chi connectivity index (χ4n) is 3.46. The summed E-state index contributed by atoms with van der Waals surface area (Å²) < 4.78 is 9.11. The Morgan fingerprint density at radius 2 is 1.70 bits per heavy atom. The molecule has 0 bridgehead atoms. The van der Waals surface area contributed by atoms with Crippen molar-refractivity contribution in [1.82, 2.24) is 19.2 Å². The Labute approximate surface area is 173 Å². The third-order valence-corrected chi connectivity index (χ3v) is 5.18. The van der Waals surface area contributed by atoms with Gasteiger partial charge in [-0.25, -0.2) is 9.50 Å². The Kier molecular flexibility index (Phi) is 4.32. The number of benzene rings is 2. The molecule has 0 aliphatic carbocycles. The molecule has 6 heteroatoms. The Morgan fingerprint density at radius 1 is 0.933 bits per heavy atom. The molecule has 3 heterocycles. The number of aromatic nitrogens is 4. The van der Waals surface area contributed by atoms with Crippen LogP contribution < -0.4 is 5.56 Å². The molecule has 0 atom stereocenters. The van der Waals surface area contributed by atoms with Crippen LogP contribution in [0.1, 0.15) is 17.0 Å². The van der Waals surface area contributed by atoms with E-state index in [1.54, 1.807) is 21.5 Å². The van der Waals surface area contributed by atoms with Crippen molar-refractivity contribution in [1.29, 1.82) is 0 Å². The third kappa shape index (κ3) is 3.22. The predicted molar refractivity (Wildman–Crippen MR) is 115 cm³/mol. The van der Waals surface area contributed by atoms with Gasteiger partial charge in [-0.3, -0.25) is 4.79 Å². The number of nitrogens with zero attached hydrogens (tertiary/aromatic N) is 4. The summed E-state index contributed by atoms with van der Waals surface area (Å²) in [5.41, 5.74) is 4.98. The van der Waals surface area contributed by atoms with Crippen LogP contribution in [0.15, 0.2) is 82.3 Å². The van der Waals surface area contributed by atoms with Crippen molar-refractivity contribution in [3.05, 3.63) is 100 Å². The minimum absolute atomic E-state index is 0.119. The number of fused-ring (bicyclic) bond motifs is 1. The van der Waals surface area contributed by atoms with Gasteiger partial charge in [0.2, 0.25) is 5.89 Å². The van der Waals surface area contributed by atoms with E-state index in [4.69, 9.17) is 4.42 Å². The van der Waals surface area contributed by atoms with Crippen molar-refractivity contribution >= 4 is 5.52 Å². The topological polar surface area (TPSA) is 65.3 Å². The van der Waals surface area contributed by atoms with Gasteiger partial charge in [0, 0.05) is 23.5 Å². The van der Waals surface area contributed by atoms with Gasteiger partial charge in [-0.15, -0.1) is 0 Å². The fourth-order valence-corrected chi connectivity index (χ4v) is 3.46. The van der Waals surface area contributed by atoms with Gasteiger partial charge < -0.3 is 8.98 Å². The smallest absolute Gasteiger partial charge is 0.276 e.